The van der Waals surface area contributed by atoms with Crippen LogP contribution in [0.15, 0.2) is 36.8 Å². The first-order chi connectivity index (χ1) is 14.0. The lowest BCUT2D eigenvalue weighted by Crippen LogP contribution is -2.07. The summed E-state index contributed by atoms with van der Waals surface area (Å²) in [6.45, 7) is 0. The van der Waals surface area contributed by atoms with Gasteiger partial charge in [0.25, 0.3) is 6.43 Å². The fraction of sp³-hybridized carbons (Fsp3) is 0.263. The zero-order valence-electron chi connectivity index (χ0n) is 15.3. The average molecular weight is 403 g/mol. The predicted octanol–water partition coefficient (Wildman–Crippen LogP) is 4.28. The molecule has 0 unspecified atom stereocenters. The molecular formula is C19H16F3N5O2. The summed E-state index contributed by atoms with van der Waals surface area (Å²) in [5.41, 5.74) is -0.900. The van der Waals surface area contributed by atoms with Crippen molar-refractivity contribution in [3.63, 3.8) is 0 Å². The van der Waals surface area contributed by atoms with Crippen molar-refractivity contribution < 1.29 is 22.7 Å². The lowest BCUT2D eigenvalue weighted by atomic mass is 10.0. The van der Waals surface area contributed by atoms with Crippen LogP contribution in [0.25, 0.3) is 11.3 Å². The van der Waals surface area contributed by atoms with Gasteiger partial charge in [-0.05, 0) is 25.0 Å². The molecule has 1 saturated carbocycles. The van der Waals surface area contributed by atoms with Crippen molar-refractivity contribution in [1.29, 1.82) is 0 Å². The highest BCUT2D eigenvalue weighted by Gasteiger charge is 2.25. The van der Waals surface area contributed by atoms with Gasteiger partial charge in [0, 0.05) is 18.0 Å². The second kappa shape index (κ2) is 7.53. The molecule has 29 heavy (non-hydrogen) atoms. The minimum Gasteiger partial charge on any atom is -0.465 e. The molecule has 3 aromatic rings. The molecule has 1 N–H and O–H groups in total. The van der Waals surface area contributed by atoms with E-state index in [1.807, 2.05) is 0 Å². The number of rotatable bonds is 6. The van der Waals surface area contributed by atoms with Crippen molar-refractivity contribution in [2.45, 2.75) is 25.3 Å². The number of nitrogens with zero attached hydrogens (tertiary/aromatic N) is 4. The predicted molar refractivity (Wildman–Crippen MR) is 97.5 cm³/mol. The molecule has 1 fully saturated rings. The smallest absolute Gasteiger partial charge is 0.340 e. The molecule has 10 heteroatoms. The van der Waals surface area contributed by atoms with Gasteiger partial charge in [-0.1, -0.05) is 6.07 Å². The summed E-state index contributed by atoms with van der Waals surface area (Å²) >= 11 is 0. The van der Waals surface area contributed by atoms with Crippen LogP contribution in [-0.4, -0.2) is 32.8 Å². The maximum atomic E-state index is 14.9. The Balaban J connectivity index is 1.73. The SMILES string of the molecule is COC(=O)c1cccc(-c2nc(Nc3cnn(C4CC4)c3)ncc2C(F)F)c1F. The van der Waals surface area contributed by atoms with E-state index in [4.69, 9.17) is 0 Å². The quantitative estimate of drug-likeness (QED) is 0.619. The number of anilines is 2. The van der Waals surface area contributed by atoms with Crippen LogP contribution in [0.4, 0.5) is 24.8 Å². The van der Waals surface area contributed by atoms with E-state index < -0.39 is 23.8 Å². The third-order valence-corrected chi connectivity index (χ3v) is 4.49. The van der Waals surface area contributed by atoms with Gasteiger partial charge in [0.15, 0.2) is 0 Å². The molecule has 0 spiro atoms. The summed E-state index contributed by atoms with van der Waals surface area (Å²) < 4.78 is 48.2. The highest BCUT2D eigenvalue weighted by Crippen LogP contribution is 2.35. The van der Waals surface area contributed by atoms with Gasteiger partial charge >= 0.3 is 5.97 Å². The first kappa shape index (κ1) is 18.9. The van der Waals surface area contributed by atoms with Gasteiger partial charge in [0.2, 0.25) is 5.95 Å². The number of carbonyl (C=O) groups is 1. The van der Waals surface area contributed by atoms with E-state index in [0.717, 1.165) is 26.1 Å². The number of nitrogens with one attached hydrogen (secondary N) is 1. The largest absolute Gasteiger partial charge is 0.465 e. The van der Waals surface area contributed by atoms with Crippen molar-refractivity contribution in [1.82, 2.24) is 19.7 Å². The molecule has 2 aromatic heterocycles. The highest BCUT2D eigenvalue weighted by molar-refractivity contribution is 5.91. The van der Waals surface area contributed by atoms with Crippen molar-refractivity contribution >= 4 is 17.6 Å². The molecule has 7 nitrogen and oxygen atoms in total. The van der Waals surface area contributed by atoms with Gasteiger partial charge in [0.05, 0.1) is 41.9 Å². The summed E-state index contributed by atoms with van der Waals surface area (Å²) in [6.07, 6.45) is 3.45. The molecule has 150 valence electrons. The lowest BCUT2D eigenvalue weighted by molar-refractivity contribution is 0.0595. The Hall–Kier alpha value is -3.43. The summed E-state index contributed by atoms with van der Waals surface area (Å²) in [5, 5.41) is 7.11. The van der Waals surface area contributed by atoms with Crippen molar-refractivity contribution in [3.8, 4) is 11.3 Å². The second-order valence-corrected chi connectivity index (χ2v) is 6.52. The molecule has 1 aromatic carbocycles. The minimum absolute atomic E-state index is 0.00242. The van der Waals surface area contributed by atoms with Crippen molar-refractivity contribution in [2.24, 2.45) is 0 Å². The van der Waals surface area contributed by atoms with E-state index in [1.165, 1.54) is 18.2 Å². The number of benzene rings is 1. The molecule has 0 saturated heterocycles. The zero-order valence-corrected chi connectivity index (χ0v) is 15.3. The van der Waals surface area contributed by atoms with E-state index in [9.17, 15) is 18.0 Å². The fourth-order valence-electron chi connectivity index (χ4n) is 2.88. The van der Waals surface area contributed by atoms with Gasteiger partial charge in [-0.2, -0.15) is 5.10 Å². The molecule has 4 rings (SSSR count). The Bertz CT molecular complexity index is 1070. The number of aromatic nitrogens is 4. The van der Waals surface area contributed by atoms with Gasteiger partial charge in [-0.3, -0.25) is 4.68 Å². The van der Waals surface area contributed by atoms with Crippen LogP contribution in [0.1, 0.15) is 41.2 Å². The van der Waals surface area contributed by atoms with Crippen LogP contribution in [0.3, 0.4) is 0 Å². The van der Waals surface area contributed by atoms with Gasteiger partial charge < -0.3 is 10.1 Å². The van der Waals surface area contributed by atoms with Crippen LogP contribution in [0, 0.1) is 5.82 Å². The zero-order chi connectivity index (χ0) is 20.5. The monoisotopic (exact) mass is 403 g/mol. The average Bonchev–Trinajstić information content (AvgIpc) is 3.46. The number of hydrogen-bond donors (Lipinski definition) is 1. The summed E-state index contributed by atoms with van der Waals surface area (Å²) in [4.78, 5) is 19.7. The number of hydrogen-bond acceptors (Lipinski definition) is 6. The highest BCUT2D eigenvalue weighted by atomic mass is 19.3. The topological polar surface area (TPSA) is 81.9 Å². The molecule has 0 radical (unpaired) electrons. The lowest BCUT2D eigenvalue weighted by Gasteiger charge is -2.12. The van der Waals surface area contributed by atoms with Gasteiger partial charge in [0.1, 0.15) is 5.82 Å². The number of ether oxygens (including phenoxy) is 1. The fourth-order valence-corrected chi connectivity index (χ4v) is 2.88. The third kappa shape index (κ3) is 3.78. The van der Waals surface area contributed by atoms with Crippen LogP contribution in [0.2, 0.25) is 0 Å². The van der Waals surface area contributed by atoms with E-state index in [2.05, 4.69) is 25.1 Å². The van der Waals surface area contributed by atoms with E-state index >= 15 is 0 Å². The molecule has 1 aliphatic rings. The molecule has 0 amide bonds. The second-order valence-electron chi connectivity index (χ2n) is 6.52. The minimum atomic E-state index is -2.93. The number of esters is 1. The van der Waals surface area contributed by atoms with Crippen LogP contribution >= 0.6 is 0 Å². The summed E-state index contributed by atoms with van der Waals surface area (Å²) in [5.74, 6) is -1.90. The maximum Gasteiger partial charge on any atom is 0.340 e. The third-order valence-electron chi connectivity index (χ3n) is 4.49. The number of methoxy groups -OCH3 is 1. The molecule has 2 heterocycles. The van der Waals surface area contributed by atoms with Crippen molar-refractivity contribution in [2.75, 3.05) is 12.4 Å². The number of halogens is 3. The van der Waals surface area contributed by atoms with E-state index in [1.54, 1.807) is 17.1 Å². The summed E-state index contributed by atoms with van der Waals surface area (Å²) in [6, 6.07) is 4.22. The maximum absolute atomic E-state index is 14.9. The number of carbonyl (C=O) groups excluding carboxylic acids is 1. The molecular weight excluding hydrogens is 387 g/mol. The van der Waals surface area contributed by atoms with Crippen LogP contribution in [-0.2, 0) is 4.74 Å². The van der Waals surface area contributed by atoms with Crippen LogP contribution in [0.5, 0.6) is 0 Å². The summed E-state index contributed by atoms with van der Waals surface area (Å²) in [7, 11) is 1.10. The Kier molecular flexibility index (Phi) is 4.91. The Labute approximate surface area is 163 Å². The molecule has 0 atom stereocenters. The molecule has 1 aliphatic carbocycles. The number of alkyl halides is 2. The van der Waals surface area contributed by atoms with Gasteiger partial charge in [-0.15, -0.1) is 0 Å². The Morgan fingerprint density at radius 1 is 1.31 bits per heavy atom. The first-order valence-electron chi connectivity index (χ1n) is 8.81. The molecule has 0 bridgehead atoms. The van der Waals surface area contributed by atoms with E-state index in [-0.39, 0.29) is 22.8 Å². The standard InChI is InChI=1S/C19H16F3N5O2/c1-29-18(28)13-4-2-3-12(15(13)20)16-14(17(21)22)8-23-19(26-16)25-10-7-24-27(9-10)11-5-6-11/h2-4,7-9,11,17H,5-6H2,1H3,(H,23,25,26). The van der Waals surface area contributed by atoms with E-state index in [0.29, 0.717) is 11.7 Å². The van der Waals surface area contributed by atoms with Crippen molar-refractivity contribution in [3.05, 3.63) is 53.7 Å². The Morgan fingerprint density at radius 3 is 2.79 bits per heavy atom. The Morgan fingerprint density at radius 2 is 2.10 bits per heavy atom. The van der Waals surface area contributed by atoms with Crippen LogP contribution < -0.4 is 5.32 Å². The first-order valence-corrected chi connectivity index (χ1v) is 8.81. The molecule has 0 aliphatic heterocycles. The van der Waals surface area contributed by atoms with Gasteiger partial charge in [-0.25, -0.2) is 27.9 Å². The normalized spacial score (nSPS) is 13.6.